The number of anilines is 1. The van der Waals surface area contributed by atoms with Crippen LogP contribution in [0.4, 0.5) is 5.95 Å². The number of hydrogen-bond donors (Lipinski definition) is 2. The maximum absolute atomic E-state index is 13.7. The first kappa shape index (κ1) is 22.3. The standard InChI is InChI=1S/C27H27N7O2/c1-2-3-8-22-21(26(36)34-23(18-13-14-18)25(35)29-27(34)28-22)15-16-9-11-17(12-10-16)19-6-4-5-7-20(19)24-30-32-33-31-24/h4-7,9-12,18,23H,2-3,8,13-15H2,1H3,(H,28,29,35)(H,30,31,32,33). The number of aromatic amines is 1. The van der Waals surface area contributed by atoms with Gasteiger partial charge >= 0.3 is 0 Å². The number of carbonyl (C=O) groups excluding carboxylic acids is 1. The molecule has 6 rings (SSSR count). The van der Waals surface area contributed by atoms with E-state index in [2.05, 4.69) is 45.0 Å². The number of aromatic nitrogens is 6. The largest absolute Gasteiger partial charge is 0.294 e. The van der Waals surface area contributed by atoms with E-state index in [-0.39, 0.29) is 17.4 Å². The minimum Gasteiger partial charge on any atom is -0.294 e. The first-order chi connectivity index (χ1) is 17.6. The van der Waals surface area contributed by atoms with Crippen LogP contribution in [0.3, 0.4) is 0 Å². The summed E-state index contributed by atoms with van der Waals surface area (Å²) in [6.07, 6.45) is 5.09. The average molecular weight is 482 g/mol. The van der Waals surface area contributed by atoms with Crippen molar-refractivity contribution in [2.24, 2.45) is 5.92 Å². The number of H-pyrrole nitrogens is 1. The van der Waals surface area contributed by atoms with Gasteiger partial charge in [-0.1, -0.05) is 61.9 Å². The molecular formula is C27H27N7O2. The molecule has 1 aliphatic heterocycles. The smallest absolute Gasteiger partial charge is 0.259 e. The molecule has 1 atom stereocenters. The summed E-state index contributed by atoms with van der Waals surface area (Å²) in [4.78, 5) is 31.1. The van der Waals surface area contributed by atoms with Crippen LogP contribution in [0.15, 0.2) is 53.3 Å². The van der Waals surface area contributed by atoms with E-state index in [9.17, 15) is 9.59 Å². The van der Waals surface area contributed by atoms with Crippen LogP contribution in [-0.4, -0.2) is 36.1 Å². The molecule has 3 heterocycles. The van der Waals surface area contributed by atoms with Crippen molar-refractivity contribution >= 4 is 11.9 Å². The second-order valence-corrected chi connectivity index (χ2v) is 9.58. The van der Waals surface area contributed by atoms with Crippen LogP contribution in [0, 0.1) is 5.92 Å². The summed E-state index contributed by atoms with van der Waals surface area (Å²) in [6, 6.07) is 15.7. The van der Waals surface area contributed by atoms with Gasteiger partial charge in [0.05, 0.1) is 5.69 Å². The second kappa shape index (κ2) is 9.14. The van der Waals surface area contributed by atoms with E-state index in [0.717, 1.165) is 60.1 Å². The molecule has 0 bridgehead atoms. The molecule has 36 heavy (non-hydrogen) atoms. The van der Waals surface area contributed by atoms with Gasteiger partial charge in [0, 0.05) is 17.5 Å². The predicted octanol–water partition coefficient (Wildman–Crippen LogP) is 3.93. The van der Waals surface area contributed by atoms with E-state index in [1.54, 1.807) is 4.57 Å². The Morgan fingerprint density at radius 1 is 1.03 bits per heavy atom. The molecule has 1 unspecified atom stereocenters. The van der Waals surface area contributed by atoms with Crippen molar-refractivity contribution in [3.8, 4) is 22.5 Å². The molecule has 2 aromatic heterocycles. The number of carbonyl (C=O) groups is 1. The van der Waals surface area contributed by atoms with Gasteiger partial charge in [0.1, 0.15) is 6.04 Å². The molecule has 4 aromatic rings. The van der Waals surface area contributed by atoms with E-state index in [1.165, 1.54) is 0 Å². The lowest BCUT2D eigenvalue weighted by Crippen LogP contribution is -2.30. The van der Waals surface area contributed by atoms with Crippen molar-refractivity contribution < 1.29 is 4.79 Å². The fourth-order valence-electron chi connectivity index (χ4n) is 5.05. The lowest BCUT2D eigenvalue weighted by molar-refractivity contribution is -0.118. The molecule has 0 radical (unpaired) electrons. The molecule has 2 aliphatic rings. The SMILES string of the molecule is CCCCc1nc2n(c(=O)c1Cc1ccc(-c3ccccc3-c3nnn[nH]3)cc1)C(C1CC1)C(=O)N2. The zero-order valence-corrected chi connectivity index (χ0v) is 20.1. The van der Waals surface area contributed by atoms with Gasteiger partial charge < -0.3 is 0 Å². The van der Waals surface area contributed by atoms with Gasteiger partial charge in [0.2, 0.25) is 11.9 Å². The molecule has 9 heteroatoms. The lowest BCUT2D eigenvalue weighted by Gasteiger charge is -2.15. The molecule has 182 valence electrons. The third kappa shape index (κ3) is 4.00. The minimum absolute atomic E-state index is 0.0893. The third-order valence-corrected chi connectivity index (χ3v) is 7.09. The van der Waals surface area contributed by atoms with E-state index in [4.69, 9.17) is 4.98 Å². The molecule has 2 N–H and O–H groups in total. The maximum Gasteiger partial charge on any atom is 0.259 e. The summed E-state index contributed by atoms with van der Waals surface area (Å²) >= 11 is 0. The molecular weight excluding hydrogens is 454 g/mol. The van der Waals surface area contributed by atoms with Crippen LogP contribution in [0.2, 0.25) is 0 Å². The molecule has 2 aromatic carbocycles. The summed E-state index contributed by atoms with van der Waals surface area (Å²) in [7, 11) is 0. The molecule has 0 spiro atoms. The van der Waals surface area contributed by atoms with Crippen molar-refractivity contribution in [3.63, 3.8) is 0 Å². The fourth-order valence-corrected chi connectivity index (χ4v) is 5.05. The first-order valence-corrected chi connectivity index (χ1v) is 12.5. The number of rotatable bonds is 8. The minimum atomic E-state index is -0.427. The first-order valence-electron chi connectivity index (χ1n) is 12.5. The Morgan fingerprint density at radius 2 is 1.81 bits per heavy atom. The average Bonchev–Trinajstić information content (AvgIpc) is 3.46. The molecule has 1 aliphatic carbocycles. The summed E-state index contributed by atoms with van der Waals surface area (Å²) < 4.78 is 1.61. The van der Waals surface area contributed by atoms with E-state index in [1.807, 2.05) is 36.4 Å². The number of nitrogens with zero attached hydrogens (tertiary/aromatic N) is 5. The van der Waals surface area contributed by atoms with Gasteiger partial charge in [-0.3, -0.25) is 19.5 Å². The summed E-state index contributed by atoms with van der Waals surface area (Å²) in [6.45, 7) is 2.12. The number of hydrogen-bond acceptors (Lipinski definition) is 6. The molecule has 1 saturated carbocycles. The Morgan fingerprint density at radius 3 is 2.50 bits per heavy atom. The maximum atomic E-state index is 13.7. The normalized spacial score (nSPS) is 16.7. The van der Waals surface area contributed by atoms with Gasteiger partial charge in [0.25, 0.3) is 5.56 Å². The van der Waals surface area contributed by atoms with Crippen molar-refractivity contribution in [1.29, 1.82) is 0 Å². The van der Waals surface area contributed by atoms with E-state index < -0.39 is 6.04 Å². The summed E-state index contributed by atoms with van der Waals surface area (Å²) in [5.41, 5.74) is 5.38. The van der Waals surface area contributed by atoms with Crippen LogP contribution < -0.4 is 10.9 Å². The number of benzene rings is 2. The zero-order chi connectivity index (χ0) is 24.6. The number of amides is 1. The Bertz CT molecular complexity index is 1470. The van der Waals surface area contributed by atoms with Crippen molar-refractivity contribution in [3.05, 3.63) is 75.7 Å². The lowest BCUT2D eigenvalue weighted by atomic mass is 9.96. The van der Waals surface area contributed by atoms with Crippen LogP contribution in [0.5, 0.6) is 0 Å². The predicted molar refractivity (Wildman–Crippen MR) is 135 cm³/mol. The van der Waals surface area contributed by atoms with Crippen LogP contribution in [0.1, 0.15) is 55.5 Å². The molecule has 1 amide bonds. The highest BCUT2D eigenvalue weighted by Gasteiger charge is 2.44. The fraction of sp³-hybridized carbons (Fsp3) is 0.333. The third-order valence-electron chi connectivity index (χ3n) is 7.09. The van der Waals surface area contributed by atoms with Gasteiger partial charge in [-0.2, -0.15) is 0 Å². The highest BCUT2D eigenvalue weighted by atomic mass is 16.2. The Labute approximate surface area is 208 Å². The second-order valence-electron chi connectivity index (χ2n) is 9.58. The van der Waals surface area contributed by atoms with E-state index >= 15 is 0 Å². The van der Waals surface area contributed by atoms with Gasteiger partial charge in [-0.25, -0.2) is 10.1 Å². The van der Waals surface area contributed by atoms with Crippen molar-refractivity contribution in [1.82, 2.24) is 30.2 Å². The number of fused-ring (bicyclic) bond motifs is 1. The van der Waals surface area contributed by atoms with Gasteiger partial charge in [-0.15, -0.1) is 5.10 Å². The molecule has 9 nitrogen and oxygen atoms in total. The highest BCUT2D eigenvalue weighted by molar-refractivity contribution is 5.96. The van der Waals surface area contributed by atoms with Gasteiger partial charge in [0.15, 0.2) is 5.82 Å². The Balaban J connectivity index is 1.34. The highest BCUT2D eigenvalue weighted by Crippen LogP contribution is 2.43. The molecule has 1 fully saturated rings. The van der Waals surface area contributed by atoms with Gasteiger partial charge in [-0.05, 0) is 58.7 Å². The molecule has 0 saturated heterocycles. The monoisotopic (exact) mass is 481 g/mol. The summed E-state index contributed by atoms with van der Waals surface area (Å²) in [5.74, 6) is 1.15. The van der Waals surface area contributed by atoms with E-state index in [0.29, 0.717) is 23.8 Å². The number of aryl methyl sites for hydroxylation is 1. The van der Waals surface area contributed by atoms with Crippen LogP contribution in [-0.2, 0) is 17.6 Å². The number of nitrogens with one attached hydrogen (secondary N) is 2. The number of unbranched alkanes of at least 4 members (excludes halogenated alkanes) is 1. The summed E-state index contributed by atoms with van der Waals surface area (Å²) in [5, 5.41) is 17.1. The number of tetrazole rings is 1. The van der Waals surface area contributed by atoms with Crippen LogP contribution in [0.25, 0.3) is 22.5 Å². The Hall–Kier alpha value is -4.14. The van der Waals surface area contributed by atoms with Crippen molar-refractivity contribution in [2.45, 2.75) is 51.5 Å². The quantitative estimate of drug-likeness (QED) is 0.394. The topological polar surface area (TPSA) is 118 Å². The van der Waals surface area contributed by atoms with Crippen molar-refractivity contribution in [2.75, 3.05) is 5.32 Å². The Kier molecular flexibility index (Phi) is 5.67. The zero-order valence-electron chi connectivity index (χ0n) is 20.1. The van der Waals surface area contributed by atoms with Crippen LogP contribution >= 0.6 is 0 Å².